The number of rotatable bonds is 6. The van der Waals surface area contributed by atoms with Crippen LogP contribution in [0.15, 0.2) is 92.4 Å². The Labute approximate surface area is 223 Å². The van der Waals surface area contributed by atoms with Gasteiger partial charge in [-0.2, -0.15) is 0 Å². The highest BCUT2D eigenvalue weighted by atomic mass is 35.5. The fraction of sp³-hybridized carbons (Fsp3) is 0.333. The van der Waals surface area contributed by atoms with E-state index in [0.29, 0.717) is 34.6 Å². The van der Waals surface area contributed by atoms with Crippen LogP contribution in [-0.4, -0.2) is 32.5 Å². The van der Waals surface area contributed by atoms with Crippen LogP contribution in [0, 0.1) is 0 Å². The second-order valence-corrected chi connectivity index (χ2v) is 8.96. The van der Waals surface area contributed by atoms with Crippen LogP contribution < -0.4 is 11.5 Å². The highest BCUT2D eigenvalue weighted by Crippen LogP contribution is 2.44. The molecule has 1 aliphatic carbocycles. The third-order valence-electron chi connectivity index (χ3n) is 5.51. The Morgan fingerprint density at radius 1 is 1.33 bits per heavy atom. The number of aliphatic imine (C=N–C) groups is 1. The van der Waals surface area contributed by atoms with E-state index >= 15 is 0 Å². The van der Waals surface area contributed by atoms with Crippen LogP contribution in [0.4, 0.5) is 0 Å². The molecule has 0 bridgehead atoms. The van der Waals surface area contributed by atoms with Gasteiger partial charge in [-0.15, -0.1) is 18.2 Å². The number of aromatic nitrogens is 2. The van der Waals surface area contributed by atoms with Gasteiger partial charge in [-0.25, -0.2) is 9.98 Å². The summed E-state index contributed by atoms with van der Waals surface area (Å²) in [5.74, 6) is 1.28. The summed E-state index contributed by atoms with van der Waals surface area (Å²) >= 11 is 6.50. The van der Waals surface area contributed by atoms with Gasteiger partial charge < -0.3 is 25.6 Å². The summed E-state index contributed by atoms with van der Waals surface area (Å²) in [5.41, 5.74) is 15.4. The molecule has 0 saturated carbocycles. The van der Waals surface area contributed by atoms with Crippen molar-refractivity contribution in [2.45, 2.75) is 55.4 Å². The minimum Gasteiger partial charge on any atom is -0.453 e. The number of nitrogens with zero attached hydrogens (tertiary/aromatic N) is 3. The lowest BCUT2D eigenvalue weighted by atomic mass is 9.78. The first-order chi connectivity index (χ1) is 17.4. The second-order valence-electron chi connectivity index (χ2n) is 7.68. The molecular weight excluding hydrogens is 494 g/mol. The third-order valence-corrected chi connectivity index (χ3v) is 6.71. The lowest BCUT2D eigenvalue weighted by Crippen LogP contribution is -2.32. The van der Waals surface area contributed by atoms with Gasteiger partial charge in [-0.3, -0.25) is 0 Å². The van der Waals surface area contributed by atoms with Gasteiger partial charge in [-0.05, 0) is 54.8 Å². The molecule has 2 aromatic heterocycles. The lowest BCUT2D eigenvalue weighted by molar-refractivity contribution is 0.180. The predicted molar refractivity (Wildman–Crippen MR) is 151 cm³/mol. The predicted octanol–water partition coefficient (Wildman–Crippen LogP) is 5.90. The molecule has 5 N–H and O–H groups in total. The van der Waals surface area contributed by atoms with Gasteiger partial charge in [0.15, 0.2) is 10.2 Å². The van der Waals surface area contributed by atoms with E-state index in [2.05, 4.69) is 23.1 Å². The van der Waals surface area contributed by atoms with Gasteiger partial charge in [-0.1, -0.05) is 38.7 Å². The summed E-state index contributed by atoms with van der Waals surface area (Å²) in [5, 5.41) is 12.2. The van der Waals surface area contributed by atoms with Crippen molar-refractivity contribution in [3.8, 4) is 0 Å². The van der Waals surface area contributed by atoms with Gasteiger partial charge in [0.05, 0.1) is 23.9 Å². The molecule has 3 heterocycles. The number of aliphatic hydroxyl groups is 1. The summed E-state index contributed by atoms with van der Waals surface area (Å²) in [6, 6.07) is 3.81. The zero-order valence-corrected chi connectivity index (χ0v) is 22.7. The number of aliphatic hydroxyl groups excluding tert-OH is 1. The van der Waals surface area contributed by atoms with Crippen molar-refractivity contribution < 1.29 is 9.52 Å². The molecule has 2 aliphatic rings. The molecule has 9 heteroatoms. The molecule has 4 rings (SSSR count). The molecule has 7 nitrogen and oxygen atoms in total. The fourth-order valence-electron chi connectivity index (χ4n) is 3.90. The number of nitrogens with two attached hydrogens (primary N) is 2. The molecule has 0 saturated heterocycles. The van der Waals surface area contributed by atoms with Crippen molar-refractivity contribution in [1.82, 2.24) is 9.55 Å². The zero-order valence-electron chi connectivity index (χ0n) is 21.2. The molecular formula is C27H36ClN5O2S. The molecule has 0 spiro atoms. The topological polar surface area (TPSA) is 116 Å². The summed E-state index contributed by atoms with van der Waals surface area (Å²) in [4.78, 5) is 8.96. The Hall–Kier alpha value is -2.94. The van der Waals surface area contributed by atoms with E-state index in [9.17, 15) is 5.11 Å². The number of amidine groups is 1. The molecule has 2 unspecified atom stereocenters. The first-order valence-electron chi connectivity index (χ1n) is 11.9. The largest absolute Gasteiger partial charge is 0.453 e. The normalized spacial score (nSPS) is 20.1. The highest BCUT2D eigenvalue weighted by Gasteiger charge is 2.37. The van der Waals surface area contributed by atoms with Crippen molar-refractivity contribution in [2.24, 2.45) is 23.5 Å². The van der Waals surface area contributed by atoms with Crippen molar-refractivity contribution >= 4 is 35.3 Å². The average molecular weight is 530 g/mol. The number of hydrogen-bond donors (Lipinski definition) is 3. The van der Waals surface area contributed by atoms with Crippen molar-refractivity contribution in [1.29, 1.82) is 0 Å². The number of allylic oxidation sites excluding steroid dienone is 4. The summed E-state index contributed by atoms with van der Waals surface area (Å²) in [6.07, 6.45) is 12.2. The minimum absolute atomic E-state index is 0.334. The number of halogens is 1. The number of alkyl halides is 1. The van der Waals surface area contributed by atoms with Crippen LogP contribution in [0.1, 0.15) is 50.5 Å². The van der Waals surface area contributed by atoms with E-state index in [1.807, 2.05) is 49.7 Å². The molecule has 0 amide bonds. The molecule has 0 aromatic carbocycles. The van der Waals surface area contributed by atoms with Crippen molar-refractivity contribution in [3.63, 3.8) is 0 Å². The Morgan fingerprint density at radius 2 is 2.06 bits per heavy atom. The third kappa shape index (κ3) is 6.84. The van der Waals surface area contributed by atoms with E-state index < -0.39 is 6.10 Å². The fourth-order valence-corrected chi connectivity index (χ4v) is 4.71. The molecule has 1 aliphatic heterocycles. The van der Waals surface area contributed by atoms with E-state index in [1.54, 1.807) is 18.3 Å². The summed E-state index contributed by atoms with van der Waals surface area (Å²) in [7, 11) is 1.95. The Bertz CT molecular complexity index is 1160. The van der Waals surface area contributed by atoms with E-state index in [4.69, 9.17) is 27.5 Å². The van der Waals surface area contributed by atoms with Gasteiger partial charge >= 0.3 is 0 Å². The van der Waals surface area contributed by atoms with Gasteiger partial charge in [0.2, 0.25) is 0 Å². The van der Waals surface area contributed by atoms with Crippen LogP contribution >= 0.6 is 23.4 Å². The van der Waals surface area contributed by atoms with Crippen LogP contribution in [0.5, 0.6) is 0 Å². The first kappa shape index (κ1) is 29.3. The summed E-state index contributed by atoms with van der Waals surface area (Å²) in [6.45, 7) is 11.0. The SMILES string of the molecule is C=C/C=C/c1cnc(Sc2ccc(C3C4=C(CCCC4O)N=C(N)/C3=C\N)o2)n1C.C=CCCl.CC. The molecule has 194 valence electrons. The maximum absolute atomic E-state index is 10.7. The maximum Gasteiger partial charge on any atom is 0.176 e. The Kier molecular flexibility index (Phi) is 11.9. The van der Waals surface area contributed by atoms with Gasteiger partial charge in [0, 0.05) is 30.4 Å². The quantitative estimate of drug-likeness (QED) is 0.244. The highest BCUT2D eigenvalue weighted by molar-refractivity contribution is 7.99. The number of furan rings is 1. The van der Waals surface area contributed by atoms with Crippen molar-refractivity contribution in [2.75, 3.05) is 5.88 Å². The van der Waals surface area contributed by atoms with Crippen molar-refractivity contribution in [3.05, 3.63) is 84.2 Å². The van der Waals surface area contributed by atoms with Crippen LogP contribution in [-0.2, 0) is 7.05 Å². The van der Waals surface area contributed by atoms with E-state index in [1.165, 1.54) is 18.0 Å². The van der Waals surface area contributed by atoms with Gasteiger partial charge in [0.25, 0.3) is 0 Å². The molecule has 0 radical (unpaired) electrons. The molecule has 36 heavy (non-hydrogen) atoms. The van der Waals surface area contributed by atoms with Gasteiger partial charge in [0.1, 0.15) is 11.6 Å². The monoisotopic (exact) mass is 529 g/mol. The van der Waals surface area contributed by atoms with Crippen LogP contribution in [0.25, 0.3) is 6.08 Å². The van der Waals surface area contributed by atoms with Crippen LogP contribution in [0.2, 0.25) is 0 Å². The van der Waals surface area contributed by atoms with E-state index in [-0.39, 0.29) is 5.92 Å². The molecule has 2 atom stereocenters. The molecule has 0 fully saturated rings. The Balaban J connectivity index is 0.000000694. The number of imidazole rings is 1. The average Bonchev–Trinajstić information content (AvgIpc) is 3.50. The second kappa shape index (κ2) is 14.6. The number of hydrogen-bond acceptors (Lipinski definition) is 7. The maximum atomic E-state index is 10.7. The molecule has 2 aromatic rings. The van der Waals surface area contributed by atoms with Crippen LogP contribution in [0.3, 0.4) is 0 Å². The first-order valence-corrected chi connectivity index (χ1v) is 13.2. The van der Waals surface area contributed by atoms with E-state index in [0.717, 1.165) is 35.0 Å². The summed E-state index contributed by atoms with van der Waals surface area (Å²) < 4.78 is 8.15. The smallest absolute Gasteiger partial charge is 0.176 e. The zero-order chi connectivity index (χ0) is 26.7. The minimum atomic E-state index is -0.583. The standard InChI is InChI=1S/C22H25N5O2S.C3H5Cl.C2H6/c1-3-4-6-13-12-25-22(27(13)2)30-18-10-9-17(29-18)19-14(11-23)21(24)26-15-7-5-8-16(28)20(15)19;1-2-3-4;1-2/h3-4,6,9-12,16,19,28H,1,5,7-8,23H2,2H3,(H2,24,26);2H,1,3H2;1-2H3/b6-4+,14-11-;;. The lowest BCUT2D eigenvalue weighted by Gasteiger charge is -2.33. The Morgan fingerprint density at radius 3 is 2.69 bits per heavy atom.